The second-order valence-corrected chi connectivity index (χ2v) is 8.25. The second-order valence-electron chi connectivity index (χ2n) is 8.25. The lowest BCUT2D eigenvalue weighted by Crippen LogP contribution is -2.41. The van der Waals surface area contributed by atoms with Gasteiger partial charge >= 0.3 is 11.9 Å². The summed E-state index contributed by atoms with van der Waals surface area (Å²) in [6.07, 6.45) is 8.84. The van der Waals surface area contributed by atoms with Gasteiger partial charge in [-0.05, 0) is 68.6 Å². The fourth-order valence-electron chi connectivity index (χ4n) is 5.78. The maximum atomic E-state index is 11.9. The number of rotatable bonds is 8. The average molecular weight is 336 g/mol. The van der Waals surface area contributed by atoms with Crippen molar-refractivity contribution in [3.05, 3.63) is 0 Å². The fraction of sp³-hybridized carbons (Fsp3) is 0.900. The molecule has 3 fully saturated rings. The van der Waals surface area contributed by atoms with Gasteiger partial charge in [0.25, 0.3) is 0 Å². The second kappa shape index (κ2) is 7.45. The highest BCUT2D eigenvalue weighted by atomic mass is 16.5. The Labute approximate surface area is 145 Å². The van der Waals surface area contributed by atoms with E-state index in [1.165, 1.54) is 25.7 Å². The minimum Gasteiger partial charge on any atom is -0.465 e. The molecule has 3 aliphatic carbocycles. The minimum atomic E-state index is -0.128. The normalized spacial score (nSPS) is 32.6. The van der Waals surface area contributed by atoms with Gasteiger partial charge in [0, 0.05) is 18.3 Å². The molecule has 0 radical (unpaired) electrons. The monoisotopic (exact) mass is 336 g/mol. The van der Waals surface area contributed by atoms with Gasteiger partial charge < -0.3 is 9.47 Å². The van der Waals surface area contributed by atoms with Gasteiger partial charge in [-0.2, -0.15) is 0 Å². The Morgan fingerprint density at radius 1 is 0.917 bits per heavy atom. The molecule has 0 aromatic rings. The van der Waals surface area contributed by atoms with Crippen molar-refractivity contribution in [2.45, 2.75) is 71.6 Å². The predicted octanol–water partition coefficient (Wildman–Crippen LogP) is 4.12. The number of fused-ring (bicyclic) bond motifs is 5. The molecule has 0 amide bonds. The van der Waals surface area contributed by atoms with Crippen LogP contribution in [0, 0.1) is 29.1 Å². The van der Waals surface area contributed by atoms with Gasteiger partial charge in [0.1, 0.15) is 13.2 Å². The van der Waals surface area contributed by atoms with Crippen LogP contribution >= 0.6 is 0 Å². The molecule has 0 aliphatic heterocycles. The highest BCUT2D eigenvalue weighted by molar-refractivity contribution is 5.69. The van der Waals surface area contributed by atoms with E-state index in [1.807, 2.05) is 13.8 Å². The Kier molecular flexibility index (Phi) is 5.51. The van der Waals surface area contributed by atoms with Crippen LogP contribution in [0.5, 0.6) is 0 Å². The lowest BCUT2D eigenvalue weighted by Gasteiger charge is -2.39. The molecule has 136 valence electrons. The third kappa shape index (κ3) is 3.34. The lowest BCUT2D eigenvalue weighted by atomic mass is 9.69. The lowest BCUT2D eigenvalue weighted by molar-refractivity contribution is -0.157. The molecule has 4 heteroatoms. The van der Waals surface area contributed by atoms with Crippen molar-refractivity contribution in [1.29, 1.82) is 0 Å². The van der Waals surface area contributed by atoms with E-state index in [4.69, 9.17) is 9.47 Å². The summed E-state index contributed by atoms with van der Waals surface area (Å²) in [6.45, 7) is 4.86. The van der Waals surface area contributed by atoms with Crippen molar-refractivity contribution < 1.29 is 19.1 Å². The summed E-state index contributed by atoms with van der Waals surface area (Å²) in [6, 6.07) is 0. The van der Waals surface area contributed by atoms with E-state index in [9.17, 15) is 9.59 Å². The van der Waals surface area contributed by atoms with Crippen molar-refractivity contribution in [3.63, 3.8) is 0 Å². The minimum absolute atomic E-state index is 0.108. The molecule has 24 heavy (non-hydrogen) atoms. The Morgan fingerprint density at radius 3 is 2.08 bits per heavy atom. The van der Waals surface area contributed by atoms with E-state index in [0.717, 1.165) is 37.0 Å². The summed E-state index contributed by atoms with van der Waals surface area (Å²) in [7, 11) is 0. The van der Waals surface area contributed by atoms with E-state index in [2.05, 4.69) is 0 Å². The highest BCUT2D eigenvalue weighted by Gasteiger charge is 2.60. The van der Waals surface area contributed by atoms with Gasteiger partial charge in [0.05, 0.1) is 0 Å². The average Bonchev–Trinajstić information content (AvgIpc) is 3.25. The van der Waals surface area contributed by atoms with Gasteiger partial charge in [0.2, 0.25) is 0 Å². The first-order valence-electron chi connectivity index (χ1n) is 9.91. The summed E-state index contributed by atoms with van der Waals surface area (Å²) >= 11 is 0. The van der Waals surface area contributed by atoms with Crippen LogP contribution in [-0.2, 0) is 19.1 Å². The van der Waals surface area contributed by atoms with Crippen LogP contribution in [0.15, 0.2) is 0 Å². The van der Waals surface area contributed by atoms with Crippen molar-refractivity contribution in [3.8, 4) is 0 Å². The van der Waals surface area contributed by atoms with Crippen LogP contribution in [0.3, 0.4) is 0 Å². The van der Waals surface area contributed by atoms with Gasteiger partial charge in [-0.1, -0.05) is 13.8 Å². The van der Waals surface area contributed by atoms with Crippen LogP contribution in [0.1, 0.15) is 71.6 Å². The predicted molar refractivity (Wildman–Crippen MR) is 91.2 cm³/mol. The zero-order chi connectivity index (χ0) is 17.2. The van der Waals surface area contributed by atoms with E-state index >= 15 is 0 Å². The van der Waals surface area contributed by atoms with Gasteiger partial charge in [-0.3, -0.25) is 9.59 Å². The van der Waals surface area contributed by atoms with E-state index in [0.29, 0.717) is 32.0 Å². The molecule has 4 nitrogen and oxygen atoms in total. The first-order valence-corrected chi connectivity index (χ1v) is 9.91. The number of ether oxygens (including phenoxy) is 2. The third-order valence-electron chi connectivity index (χ3n) is 6.72. The Morgan fingerprint density at radius 2 is 1.50 bits per heavy atom. The molecule has 0 spiro atoms. The first-order chi connectivity index (χ1) is 11.6. The number of carbonyl (C=O) groups excluding carboxylic acids is 2. The summed E-state index contributed by atoms with van der Waals surface area (Å²) < 4.78 is 11.3. The molecule has 4 unspecified atom stereocenters. The number of carbonyl (C=O) groups is 2. The SMILES string of the molecule is CCCC(=O)OCC1(COC(=O)CCC)CCC2C3CCC(C3)C21. The highest BCUT2D eigenvalue weighted by Crippen LogP contribution is 2.65. The molecule has 0 heterocycles. The van der Waals surface area contributed by atoms with Crippen LogP contribution in [0.2, 0.25) is 0 Å². The van der Waals surface area contributed by atoms with Crippen molar-refractivity contribution in [1.82, 2.24) is 0 Å². The third-order valence-corrected chi connectivity index (χ3v) is 6.72. The molecular weight excluding hydrogens is 304 g/mol. The molecule has 3 aliphatic rings. The fourth-order valence-corrected chi connectivity index (χ4v) is 5.78. The molecule has 0 N–H and O–H groups in total. The molecule has 0 aromatic heterocycles. The Balaban J connectivity index is 1.69. The molecule has 3 rings (SSSR count). The smallest absolute Gasteiger partial charge is 0.305 e. The largest absolute Gasteiger partial charge is 0.465 e. The molecule has 0 aromatic carbocycles. The Bertz CT molecular complexity index is 450. The zero-order valence-electron chi connectivity index (χ0n) is 15.2. The van der Waals surface area contributed by atoms with Gasteiger partial charge in [-0.15, -0.1) is 0 Å². The van der Waals surface area contributed by atoms with Crippen LogP contribution in [0.25, 0.3) is 0 Å². The molecule has 2 bridgehead atoms. The zero-order valence-corrected chi connectivity index (χ0v) is 15.2. The molecule has 0 saturated heterocycles. The number of esters is 2. The quantitative estimate of drug-likeness (QED) is 0.626. The summed E-state index contributed by atoms with van der Waals surface area (Å²) in [5, 5.41) is 0. The van der Waals surface area contributed by atoms with Gasteiger partial charge in [0.15, 0.2) is 0 Å². The Hall–Kier alpha value is -1.06. The standard InChI is InChI=1S/C20H32O4/c1-3-5-17(21)23-12-20(13-24-18(22)6-4-2)10-9-16-14-7-8-15(11-14)19(16)20/h14-16,19H,3-13H2,1-2H3. The maximum absolute atomic E-state index is 11.9. The molecule has 4 atom stereocenters. The van der Waals surface area contributed by atoms with Crippen LogP contribution in [0.4, 0.5) is 0 Å². The van der Waals surface area contributed by atoms with Crippen molar-refractivity contribution in [2.24, 2.45) is 29.1 Å². The van der Waals surface area contributed by atoms with Crippen molar-refractivity contribution in [2.75, 3.05) is 13.2 Å². The molecule has 3 saturated carbocycles. The topological polar surface area (TPSA) is 52.6 Å². The van der Waals surface area contributed by atoms with Gasteiger partial charge in [-0.25, -0.2) is 0 Å². The first kappa shape index (κ1) is 17.8. The van der Waals surface area contributed by atoms with Crippen LogP contribution < -0.4 is 0 Å². The number of hydrogen-bond donors (Lipinski definition) is 0. The van der Waals surface area contributed by atoms with E-state index in [-0.39, 0.29) is 17.4 Å². The summed E-state index contributed by atoms with van der Waals surface area (Å²) in [5.41, 5.74) is -0.128. The van der Waals surface area contributed by atoms with E-state index in [1.54, 1.807) is 0 Å². The summed E-state index contributed by atoms with van der Waals surface area (Å²) in [5.74, 6) is 2.74. The van der Waals surface area contributed by atoms with Crippen LogP contribution in [-0.4, -0.2) is 25.2 Å². The van der Waals surface area contributed by atoms with E-state index < -0.39 is 0 Å². The molecular formula is C20H32O4. The number of hydrogen-bond acceptors (Lipinski definition) is 4. The summed E-state index contributed by atoms with van der Waals surface area (Å²) in [4.78, 5) is 23.8. The maximum Gasteiger partial charge on any atom is 0.305 e. The van der Waals surface area contributed by atoms with Crippen molar-refractivity contribution >= 4 is 11.9 Å².